The van der Waals surface area contributed by atoms with Gasteiger partial charge in [-0.15, -0.1) is 0 Å². The van der Waals surface area contributed by atoms with E-state index < -0.39 is 0 Å². The lowest BCUT2D eigenvalue weighted by atomic mass is 10.1. The number of aryl methyl sites for hydroxylation is 1. The van der Waals surface area contributed by atoms with Gasteiger partial charge in [-0.05, 0) is 61.2 Å². The Labute approximate surface area is 160 Å². The number of benzene rings is 2. The molecule has 0 saturated carbocycles. The summed E-state index contributed by atoms with van der Waals surface area (Å²) in [5.41, 5.74) is 5.03. The molecule has 2 aromatic carbocycles. The number of thioether (sulfide) groups is 1. The Kier molecular flexibility index (Phi) is 3.72. The van der Waals surface area contributed by atoms with Crippen LogP contribution < -0.4 is 0 Å². The van der Waals surface area contributed by atoms with Crippen molar-refractivity contribution in [2.75, 3.05) is 6.26 Å². The number of furan rings is 1. The topological polar surface area (TPSA) is 56.7 Å². The predicted octanol–water partition coefficient (Wildman–Crippen LogP) is 5.26. The van der Waals surface area contributed by atoms with Crippen molar-refractivity contribution >= 4 is 33.8 Å². The lowest BCUT2D eigenvalue weighted by molar-refractivity contribution is 0.616. The Morgan fingerprint density at radius 3 is 2.81 bits per heavy atom. The van der Waals surface area contributed by atoms with Gasteiger partial charge in [0.2, 0.25) is 0 Å². The van der Waals surface area contributed by atoms with E-state index in [9.17, 15) is 0 Å². The van der Waals surface area contributed by atoms with Crippen LogP contribution in [0.1, 0.15) is 5.56 Å². The maximum atomic E-state index is 5.48. The summed E-state index contributed by atoms with van der Waals surface area (Å²) in [4.78, 5) is 13.9. The van der Waals surface area contributed by atoms with E-state index in [0.717, 1.165) is 44.4 Å². The van der Waals surface area contributed by atoms with Crippen LogP contribution in [-0.4, -0.2) is 25.8 Å². The Hall–Kier alpha value is -3.12. The molecule has 0 aliphatic carbocycles. The van der Waals surface area contributed by atoms with Crippen LogP contribution in [0.25, 0.3) is 39.2 Å². The standard InChI is InChI=1S/C21H16N4OS/c1-13-3-5-16-17(11-13)25(19-7-9-22-21(24-19)27-2)20(23-16)15-4-6-18-14(12-15)8-10-26-18/h3-12H,1-2H3. The molecule has 5 nitrogen and oxygen atoms in total. The molecule has 0 bridgehead atoms. The molecule has 0 spiro atoms. The first-order chi connectivity index (χ1) is 13.2. The lowest BCUT2D eigenvalue weighted by Crippen LogP contribution is -2.02. The maximum absolute atomic E-state index is 5.48. The van der Waals surface area contributed by atoms with Gasteiger partial charge in [-0.1, -0.05) is 17.8 Å². The minimum absolute atomic E-state index is 0.734. The molecule has 5 aromatic rings. The van der Waals surface area contributed by atoms with Crippen molar-refractivity contribution in [1.82, 2.24) is 19.5 Å². The van der Waals surface area contributed by atoms with Gasteiger partial charge in [-0.3, -0.25) is 4.57 Å². The molecule has 3 heterocycles. The quantitative estimate of drug-likeness (QED) is 0.319. The van der Waals surface area contributed by atoms with Gasteiger partial charge in [-0.2, -0.15) is 0 Å². The first kappa shape index (κ1) is 16.1. The van der Waals surface area contributed by atoms with E-state index in [-0.39, 0.29) is 0 Å². The van der Waals surface area contributed by atoms with E-state index in [1.54, 1.807) is 12.5 Å². The second-order valence-electron chi connectivity index (χ2n) is 6.34. The van der Waals surface area contributed by atoms with Crippen LogP contribution in [0.5, 0.6) is 0 Å². The monoisotopic (exact) mass is 372 g/mol. The number of rotatable bonds is 3. The highest BCUT2D eigenvalue weighted by molar-refractivity contribution is 7.98. The minimum Gasteiger partial charge on any atom is -0.464 e. The van der Waals surface area contributed by atoms with Crippen LogP contribution in [0.2, 0.25) is 0 Å². The number of hydrogen-bond donors (Lipinski definition) is 0. The first-order valence-electron chi connectivity index (χ1n) is 8.57. The zero-order chi connectivity index (χ0) is 18.4. The van der Waals surface area contributed by atoms with Crippen molar-refractivity contribution in [2.45, 2.75) is 12.1 Å². The zero-order valence-corrected chi connectivity index (χ0v) is 15.7. The summed E-state index contributed by atoms with van der Waals surface area (Å²) in [6.07, 6.45) is 5.47. The van der Waals surface area contributed by atoms with Crippen LogP contribution in [0.4, 0.5) is 0 Å². The normalized spacial score (nSPS) is 11.5. The third kappa shape index (κ3) is 2.69. The molecule has 0 atom stereocenters. The number of imidazole rings is 1. The van der Waals surface area contributed by atoms with Gasteiger partial charge in [0.05, 0.1) is 17.3 Å². The van der Waals surface area contributed by atoms with E-state index in [0.29, 0.717) is 0 Å². The van der Waals surface area contributed by atoms with Crippen molar-refractivity contribution in [1.29, 1.82) is 0 Å². The summed E-state index contributed by atoms with van der Waals surface area (Å²) in [7, 11) is 0. The van der Waals surface area contributed by atoms with Crippen LogP contribution in [0, 0.1) is 6.92 Å². The fraction of sp³-hybridized carbons (Fsp3) is 0.0952. The number of nitrogens with zero attached hydrogens (tertiary/aromatic N) is 4. The van der Waals surface area contributed by atoms with E-state index >= 15 is 0 Å². The molecule has 3 aromatic heterocycles. The van der Waals surface area contributed by atoms with Crippen LogP contribution >= 0.6 is 11.8 Å². The molecular weight excluding hydrogens is 356 g/mol. The van der Waals surface area contributed by atoms with E-state index in [1.807, 2.05) is 30.5 Å². The number of aromatic nitrogens is 4. The summed E-state index contributed by atoms with van der Waals surface area (Å²) in [6.45, 7) is 2.08. The van der Waals surface area contributed by atoms with E-state index in [1.165, 1.54) is 17.3 Å². The predicted molar refractivity (Wildman–Crippen MR) is 108 cm³/mol. The van der Waals surface area contributed by atoms with Gasteiger partial charge in [0.15, 0.2) is 5.16 Å². The molecule has 0 radical (unpaired) electrons. The zero-order valence-electron chi connectivity index (χ0n) is 14.9. The summed E-state index contributed by atoms with van der Waals surface area (Å²) >= 11 is 1.53. The molecule has 27 heavy (non-hydrogen) atoms. The molecule has 0 aliphatic rings. The van der Waals surface area contributed by atoms with Gasteiger partial charge >= 0.3 is 0 Å². The van der Waals surface area contributed by atoms with Gasteiger partial charge in [0.25, 0.3) is 0 Å². The minimum atomic E-state index is 0.734. The van der Waals surface area contributed by atoms with Crippen molar-refractivity contribution < 1.29 is 4.42 Å². The molecular formula is C21H16N4OS. The third-order valence-corrected chi connectivity index (χ3v) is 5.11. The highest BCUT2D eigenvalue weighted by Gasteiger charge is 2.16. The largest absolute Gasteiger partial charge is 0.464 e. The highest BCUT2D eigenvalue weighted by atomic mass is 32.2. The average Bonchev–Trinajstić information content (AvgIpc) is 3.31. The van der Waals surface area contributed by atoms with E-state index in [2.05, 4.69) is 40.7 Å². The fourth-order valence-electron chi connectivity index (χ4n) is 3.27. The van der Waals surface area contributed by atoms with Gasteiger partial charge in [0, 0.05) is 17.1 Å². The van der Waals surface area contributed by atoms with Crippen molar-refractivity contribution in [2.24, 2.45) is 0 Å². The highest BCUT2D eigenvalue weighted by Crippen LogP contribution is 2.31. The molecule has 0 N–H and O–H groups in total. The molecule has 0 saturated heterocycles. The van der Waals surface area contributed by atoms with Crippen molar-refractivity contribution in [3.05, 3.63) is 66.6 Å². The van der Waals surface area contributed by atoms with Crippen LogP contribution in [-0.2, 0) is 0 Å². The van der Waals surface area contributed by atoms with Crippen molar-refractivity contribution in [3.63, 3.8) is 0 Å². The molecule has 5 rings (SSSR count). The average molecular weight is 372 g/mol. The Balaban J connectivity index is 1.83. The van der Waals surface area contributed by atoms with E-state index in [4.69, 9.17) is 14.4 Å². The molecule has 0 aliphatic heterocycles. The summed E-state index contributed by atoms with van der Waals surface area (Å²) < 4.78 is 7.58. The molecule has 0 unspecified atom stereocenters. The lowest BCUT2D eigenvalue weighted by Gasteiger charge is -2.09. The second-order valence-corrected chi connectivity index (χ2v) is 7.11. The number of fused-ring (bicyclic) bond motifs is 2. The Morgan fingerprint density at radius 2 is 1.93 bits per heavy atom. The van der Waals surface area contributed by atoms with Crippen molar-refractivity contribution in [3.8, 4) is 17.2 Å². The first-order valence-corrected chi connectivity index (χ1v) is 9.79. The smallest absolute Gasteiger partial charge is 0.189 e. The van der Waals surface area contributed by atoms with Gasteiger partial charge in [0.1, 0.15) is 17.2 Å². The van der Waals surface area contributed by atoms with Gasteiger partial charge in [-0.25, -0.2) is 15.0 Å². The summed E-state index contributed by atoms with van der Waals surface area (Å²) in [6, 6.07) is 16.3. The Bertz CT molecular complexity index is 1290. The van der Waals surface area contributed by atoms with Crippen LogP contribution in [0.3, 0.4) is 0 Å². The summed E-state index contributed by atoms with van der Waals surface area (Å²) in [5, 5.41) is 1.79. The van der Waals surface area contributed by atoms with Crippen LogP contribution in [0.15, 0.2) is 70.6 Å². The second kappa shape index (κ2) is 6.25. The summed E-state index contributed by atoms with van der Waals surface area (Å²) in [5.74, 6) is 1.66. The maximum Gasteiger partial charge on any atom is 0.189 e. The molecule has 0 fully saturated rings. The third-order valence-electron chi connectivity index (χ3n) is 4.55. The molecule has 132 valence electrons. The SMILES string of the molecule is CSc1nccc(-n2c(-c3ccc4occc4c3)nc3ccc(C)cc32)n1. The fourth-order valence-corrected chi connectivity index (χ4v) is 3.62. The van der Waals surface area contributed by atoms with Gasteiger partial charge < -0.3 is 4.42 Å². The Morgan fingerprint density at radius 1 is 1.00 bits per heavy atom. The molecule has 0 amide bonds. The molecule has 6 heteroatoms. The number of hydrogen-bond acceptors (Lipinski definition) is 5.